The monoisotopic (exact) mass is 335 g/mol. The predicted molar refractivity (Wildman–Crippen MR) is 79.4 cm³/mol. The number of methoxy groups -OCH3 is 1. The molecule has 6 nitrogen and oxygen atoms in total. The maximum Gasteiger partial charge on any atom is 0.336 e. The second kappa shape index (κ2) is 6.31. The molecular formula is C13H18ClNO5S. The smallest absolute Gasteiger partial charge is 0.336 e. The van der Waals surface area contributed by atoms with Gasteiger partial charge in [-0.25, -0.2) is 17.9 Å². The molecular weight excluding hydrogens is 318 g/mol. The van der Waals surface area contributed by atoms with Gasteiger partial charge in [0.25, 0.3) is 0 Å². The van der Waals surface area contributed by atoms with Crippen LogP contribution in [0.4, 0.5) is 0 Å². The number of hydrogen-bond acceptors (Lipinski definition) is 4. The van der Waals surface area contributed by atoms with Crippen molar-refractivity contribution < 1.29 is 23.1 Å². The van der Waals surface area contributed by atoms with Crippen LogP contribution in [0.3, 0.4) is 0 Å². The average Bonchev–Trinajstić information content (AvgIpc) is 2.38. The van der Waals surface area contributed by atoms with Gasteiger partial charge in [-0.2, -0.15) is 0 Å². The fraction of sp³-hybridized carbons (Fsp3) is 0.462. The molecule has 0 aromatic heterocycles. The van der Waals surface area contributed by atoms with Crippen LogP contribution in [-0.4, -0.2) is 38.7 Å². The summed E-state index contributed by atoms with van der Waals surface area (Å²) in [5, 5.41) is 9.13. The van der Waals surface area contributed by atoms with E-state index in [2.05, 4.69) is 4.72 Å². The normalized spacial score (nSPS) is 12.4. The highest BCUT2D eigenvalue weighted by atomic mass is 35.5. The van der Waals surface area contributed by atoms with Crippen LogP contribution in [0.1, 0.15) is 29.8 Å². The Labute approximate surface area is 129 Å². The van der Waals surface area contributed by atoms with Gasteiger partial charge in [0.15, 0.2) is 0 Å². The minimum absolute atomic E-state index is 0.0419. The molecule has 118 valence electrons. The average molecular weight is 336 g/mol. The van der Waals surface area contributed by atoms with Crippen LogP contribution in [0.25, 0.3) is 0 Å². The zero-order valence-electron chi connectivity index (χ0n) is 12.2. The number of aromatic carboxylic acids is 1. The number of halogens is 1. The van der Waals surface area contributed by atoms with Gasteiger partial charge < -0.3 is 9.84 Å². The summed E-state index contributed by atoms with van der Waals surface area (Å²) in [6.07, 6.45) is 0. The van der Waals surface area contributed by atoms with Crippen molar-refractivity contribution in [2.45, 2.75) is 31.3 Å². The summed E-state index contributed by atoms with van der Waals surface area (Å²) in [6.45, 7) is 4.92. The van der Waals surface area contributed by atoms with Crippen molar-refractivity contribution >= 4 is 27.6 Å². The van der Waals surface area contributed by atoms with Gasteiger partial charge in [0.05, 0.1) is 16.1 Å². The molecule has 0 bridgehead atoms. The van der Waals surface area contributed by atoms with Crippen LogP contribution < -0.4 is 4.72 Å². The molecule has 0 amide bonds. The summed E-state index contributed by atoms with van der Waals surface area (Å²) in [4.78, 5) is 11.0. The Bertz CT molecular complexity index is 655. The SMILES string of the molecule is COC(C)(C)CNS(=O)(=O)c1cc(Cl)cc(C(=O)O)c1C. The first-order chi connectivity index (χ1) is 9.50. The van der Waals surface area contributed by atoms with Crippen molar-refractivity contribution in [1.29, 1.82) is 0 Å². The van der Waals surface area contributed by atoms with Crippen LogP contribution in [0.15, 0.2) is 17.0 Å². The topological polar surface area (TPSA) is 92.7 Å². The first-order valence-corrected chi connectivity index (χ1v) is 7.94. The first-order valence-electron chi connectivity index (χ1n) is 6.08. The maximum absolute atomic E-state index is 12.3. The first kappa shape index (κ1) is 17.9. The number of ether oxygens (including phenoxy) is 1. The van der Waals surface area contributed by atoms with Gasteiger partial charge in [0.2, 0.25) is 10.0 Å². The van der Waals surface area contributed by atoms with Crippen molar-refractivity contribution in [1.82, 2.24) is 4.72 Å². The predicted octanol–water partition coefficient (Wildman–Crippen LogP) is 2.05. The summed E-state index contributed by atoms with van der Waals surface area (Å²) < 4.78 is 32.2. The number of hydrogen-bond donors (Lipinski definition) is 2. The van der Waals surface area contributed by atoms with E-state index in [-0.39, 0.29) is 27.6 Å². The van der Waals surface area contributed by atoms with E-state index < -0.39 is 21.6 Å². The largest absolute Gasteiger partial charge is 0.478 e. The highest BCUT2D eigenvalue weighted by molar-refractivity contribution is 7.89. The lowest BCUT2D eigenvalue weighted by Gasteiger charge is -2.23. The van der Waals surface area contributed by atoms with Crippen molar-refractivity contribution in [3.8, 4) is 0 Å². The van der Waals surface area contributed by atoms with E-state index in [1.807, 2.05) is 0 Å². The maximum atomic E-state index is 12.3. The summed E-state index contributed by atoms with van der Waals surface area (Å²) in [5.41, 5.74) is -0.696. The number of carboxylic acid groups (broad SMARTS) is 1. The lowest BCUT2D eigenvalue weighted by atomic mass is 10.1. The molecule has 8 heteroatoms. The molecule has 0 saturated heterocycles. The molecule has 0 spiro atoms. The molecule has 1 aromatic carbocycles. The fourth-order valence-corrected chi connectivity index (χ4v) is 3.35. The van der Waals surface area contributed by atoms with E-state index in [4.69, 9.17) is 21.4 Å². The summed E-state index contributed by atoms with van der Waals surface area (Å²) >= 11 is 5.81. The number of carbonyl (C=O) groups is 1. The van der Waals surface area contributed by atoms with E-state index in [1.54, 1.807) is 13.8 Å². The van der Waals surface area contributed by atoms with Crippen LogP contribution in [0, 0.1) is 6.92 Å². The summed E-state index contributed by atoms with van der Waals surface area (Å²) in [6, 6.07) is 2.45. The second-order valence-electron chi connectivity index (χ2n) is 5.17. The van der Waals surface area contributed by atoms with Crippen molar-refractivity contribution in [2.24, 2.45) is 0 Å². The van der Waals surface area contributed by atoms with Gasteiger partial charge in [0, 0.05) is 18.7 Å². The molecule has 1 aromatic rings. The van der Waals surface area contributed by atoms with E-state index >= 15 is 0 Å². The highest BCUT2D eigenvalue weighted by Gasteiger charge is 2.25. The number of nitrogens with one attached hydrogen (secondary N) is 1. The van der Waals surface area contributed by atoms with Gasteiger partial charge in [-0.3, -0.25) is 0 Å². The fourth-order valence-electron chi connectivity index (χ4n) is 1.57. The van der Waals surface area contributed by atoms with Gasteiger partial charge in [-0.15, -0.1) is 0 Å². The molecule has 0 aliphatic rings. The molecule has 21 heavy (non-hydrogen) atoms. The Morgan fingerprint density at radius 2 is 2.00 bits per heavy atom. The standard InChI is InChI=1S/C13H18ClNO5S/c1-8-10(12(16)17)5-9(14)6-11(8)21(18,19)15-7-13(2,3)20-4/h5-6,15H,7H2,1-4H3,(H,16,17). The highest BCUT2D eigenvalue weighted by Crippen LogP contribution is 2.24. The van der Waals surface area contributed by atoms with E-state index in [1.165, 1.54) is 26.2 Å². The van der Waals surface area contributed by atoms with Gasteiger partial charge >= 0.3 is 5.97 Å². The molecule has 0 unspecified atom stereocenters. The van der Waals surface area contributed by atoms with Crippen LogP contribution in [0.2, 0.25) is 5.02 Å². The minimum atomic E-state index is -3.89. The number of rotatable bonds is 6. The molecule has 0 heterocycles. The Hall–Kier alpha value is -1.15. The minimum Gasteiger partial charge on any atom is -0.478 e. The summed E-state index contributed by atoms with van der Waals surface area (Å²) in [5.74, 6) is -1.23. The number of carboxylic acids is 1. The third kappa shape index (κ3) is 4.41. The molecule has 0 aliphatic heterocycles. The van der Waals surface area contributed by atoms with Gasteiger partial charge in [-0.05, 0) is 38.5 Å². The molecule has 0 aliphatic carbocycles. The lowest BCUT2D eigenvalue weighted by molar-refractivity contribution is 0.0276. The van der Waals surface area contributed by atoms with E-state index in [9.17, 15) is 13.2 Å². The zero-order chi connectivity index (χ0) is 16.4. The van der Waals surface area contributed by atoms with Crippen molar-refractivity contribution in [3.63, 3.8) is 0 Å². The quantitative estimate of drug-likeness (QED) is 0.830. The molecule has 0 fully saturated rings. The van der Waals surface area contributed by atoms with Crippen LogP contribution in [-0.2, 0) is 14.8 Å². The number of benzene rings is 1. The van der Waals surface area contributed by atoms with Crippen molar-refractivity contribution in [3.05, 3.63) is 28.3 Å². The molecule has 2 N–H and O–H groups in total. The Balaban J connectivity index is 3.23. The van der Waals surface area contributed by atoms with Gasteiger partial charge in [-0.1, -0.05) is 11.6 Å². The molecule has 1 rings (SSSR count). The lowest BCUT2D eigenvalue weighted by Crippen LogP contribution is -2.39. The molecule has 0 atom stereocenters. The Morgan fingerprint density at radius 1 is 1.43 bits per heavy atom. The van der Waals surface area contributed by atoms with Crippen LogP contribution in [0.5, 0.6) is 0 Å². The van der Waals surface area contributed by atoms with Crippen molar-refractivity contribution in [2.75, 3.05) is 13.7 Å². The van der Waals surface area contributed by atoms with E-state index in [0.29, 0.717) is 0 Å². The third-order valence-corrected chi connectivity index (χ3v) is 4.83. The summed E-state index contributed by atoms with van der Waals surface area (Å²) in [7, 11) is -2.42. The van der Waals surface area contributed by atoms with Crippen LogP contribution >= 0.6 is 11.6 Å². The number of sulfonamides is 1. The molecule has 0 saturated carbocycles. The third-order valence-electron chi connectivity index (χ3n) is 3.09. The second-order valence-corrected chi connectivity index (χ2v) is 7.34. The zero-order valence-corrected chi connectivity index (χ0v) is 13.8. The van der Waals surface area contributed by atoms with E-state index in [0.717, 1.165) is 0 Å². The molecule has 0 radical (unpaired) electrons. The Morgan fingerprint density at radius 3 is 2.48 bits per heavy atom. The van der Waals surface area contributed by atoms with Gasteiger partial charge in [0.1, 0.15) is 0 Å². The Kier molecular flexibility index (Phi) is 5.38.